The average Bonchev–Trinajstić information content (AvgIpc) is 3.12. The molecule has 0 bridgehead atoms. The van der Waals surface area contributed by atoms with E-state index in [2.05, 4.69) is 40.7 Å². The van der Waals surface area contributed by atoms with Crippen molar-refractivity contribution in [3.05, 3.63) is 41.7 Å². The Morgan fingerprint density at radius 2 is 2.12 bits per heavy atom. The first-order chi connectivity index (χ1) is 11.8. The maximum atomic E-state index is 4.82. The van der Waals surface area contributed by atoms with Gasteiger partial charge in [0.15, 0.2) is 11.5 Å². The predicted molar refractivity (Wildman–Crippen MR) is 97.4 cm³/mol. The molecule has 3 aromatic rings. The number of fused-ring (bicyclic) bond motifs is 1. The van der Waals surface area contributed by atoms with Gasteiger partial charge in [-0.15, -0.1) is 11.3 Å². The Kier molecular flexibility index (Phi) is 3.64. The van der Waals surface area contributed by atoms with Crippen LogP contribution < -0.4 is 0 Å². The number of hydrogen-bond donors (Lipinski definition) is 0. The van der Waals surface area contributed by atoms with E-state index in [0.717, 1.165) is 23.9 Å². The fraction of sp³-hybridized carbons (Fsp3) is 0.474. The van der Waals surface area contributed by atoms with Gasteiger partial charge in [-0.3, -0.25) is 0 Å². The fourth-order valence-corrected chi connectivity index (χ4v) is 4.48. The summed E-state index contributed by atoms with van der Waals surface area (Å²) in [5, 5.41) is 6.93. The van der Waals surface area contributed by atoms with Crippen LogP contribution in [-0.2, 0) is 0 Å². The number of nitrogens with zero attached hydrogens (tertiary/aromatic N) is 4. The van der Waals surface area contributed by atoms with Gasteiger partial charge in [-0.2, -0.15) is 5.10 Å². The number of likely N-dealkylation sites (tertiary alicyclic amines) is 1. The smallest absolute Gasteiger partial charge is 0.156 e. The third-order valence-corrected chi connectivity index (χ3v) is 6.16. The van der Waals surface area contributed by atoms with E-state index in [4.69, 9.17) is 10.1 Å². The minimum atomic E-state index is 0.489. The van der Waals surface area contributed by atoms with Crippen molar-refractivity contribution in [2.24, 2.45) is 5.92 Å². The van der Waals surface area contributed by atoms with Crippen molar-refractivity contribution >= 4 is 17.0 Å². The summed E-state index contributed by atoms with van der Waals surface area (Å²) in [6, 6.07) is 8.49. The van der Waals surface area contributed by atoms with E-state index in [1.165, 1.54) is 49.2 Å². The minimum absolute atomic E-state index is 0.489. The van der Waals surface area contributed by atoms with Crippen LogP contribution in [0.4, 0.5) is 0 Å². The molecule has 1 unspecified atom stereocenters. The normalized spacial score (nSPS) is 22.2. The van der Waals surface area contributed by atoms with Crippen LogP contribution in [0.25, 0.3) is 16.1 Å². The van der Waals surface area contributed by atoms with Gasteiger partial charge in [-0.1, -0.05) is 6.07 Å². The van der Waals surface area contributed by atoms with Crippen LogP contribution in [0, 0.1) is 5.92 Å². The molecule has 0 spiro atoms. The maximum absolute atomic E-state index is 4.82. The van der Waals surface area contributed by atoms with Crippen LogP contribution in [0.2, 0.25) is 0 Å². The third-order valence-electron chi connectivity index (χ3n) is 5.24. The Bertz CT molecular complexity index is 834. The predicted octanol–water partition coefficient (Wildman–Crippen LogP) is 4.05. The first-order valence-electron chi connectivity index (χ1n) is 8.98. The molecule has 1 saturated carbocycles. The highest BCUT2D eigenvalue weighted by molar-refractivity contribution is 7.13. The van der Waals surface area contributed by atoms with Gasteiger partial charge in [-0.25, -0.2) is 9.50 Å². The Balaban J connectivity index is 1.40. The first-order valence-corrected chi connectivity index (χ1v) is 9.86. The van der Waals surface area contributed by atoms with Crippen molar-refractivity contribution in [1.82, 2.24) is 19.5 Å². The molecule has 2 aliphatic rings. The van der Waals surface area contributed by atoms with Crippen LogP contribution in [0.15, 0.2) is 35.8 Å². The van der Waals surface area contributed by atoms with E-state index in [1.54, 1.807) is 11.3 Å². The highest BCUT2D eigenvalue weighted by Gasteiger charge is 2.29. The summed E-state index contributed by atoms with van der Waals surface area (Å²) >= 11 is 1.76. The maximum Gasteiger partial charge on any atom is 0.156 e. The second-order valence-corrected chi connectivity index (χ2v) is 8.16. The van der Waals surface area contributed by atoms with Gasteiger partial charge >= 0.3 is 0 Å². The van der Waals surface area contributed by atoms with E-state index in [0.29, 0.717) is 5.92 Å². The summed E-state index contributed by atoms with van der Waals surface area (Å²) in [5.74, 6) is 2.48. The summed E-state index contributed by atoms with van der Waals surface area (Å²) in [6.45, 7) is 3.67. The highest BCUT2D eigenvalue weighted by atomic mass is 32.1. The molecule has 1 atom stereocenters. The van der Waals surface area contributed by atoms with Crippen LogP contribution in [0.5, 0.6) is 0 Å². The van der Waals surface area contributed by atoms with Crippen molar-refractivity contribution in [2.45, 2.75) is 31.6 Å². The van der Waals surface area contributed by atoms with Gasteiger partial charge < -0.3 is 4.90 Å². The molecule has 3 aromatic heterocycles. The molecule has 4 nitrogen and oxygen atoms in total. The van der Waals surface area contributed by atoms with Crippen LogP contribution >= 0.6 is 11.3 Å². The first kappa shape index (κ1) is 14.6. The van der Waals surface area contributed by atoms with Crippen molar-refractivity contribution in [3.8, 4) is 10.4 Å². The van der Waals surface area contributed by atoms with Gasteiger partial charge in [0, 0.05) is 35.6 Å². The SMILES string of the molecule is c1csc(-c2ccc3nc(C4CCCN(CC5CC5)C4)nn3c2)c1. The molecule has 4 heterocycles. The Morgan fingerprint density at radius 1 is 1.17 bits per heavy atom. The molecular weight excluding hydrogens is 316 g/mol. The lowest BCUT2D eigenvalue weighted by Gasteiger charge is -2.31. The number of rotatable bonds is 4. The highest BCUT2D eigenvalue weighted by Crippen LogP contribution is 2.33. The molecule has 2 fully saturated rings. The van der Waals surface area contributed by atoms with Crippen LogP contribution in [0.3, 0.4) is 0 Å². The summed E-state index contributed by atoms with van der Waals surface area (Å²) in [4.78, 5) is 8.73. The van der Waals surface area contributed by atoms with Gasteiger partial charge in [-0.05, 0) is 61.7 Å². The second-order valence-electron chi connectivity index (χ2n) is 7.21. The largest absolute Gasteiger partial charge is 0.302 e. The molecule has 1 saturated heterocycles. The summed E-state index contributed by atoms with van der Waals surface area (Å²) in [5.41, 5.74) is 2.18. The van der Waals surface area contributed by atoms with Gasteiger partial charge in [0.1, 0.15) is 0 Å². The molecular formula is C19H22N4S. The van der Waals surface area contributed by atoms with E-state index in [1.807, 2.05) is 4.52 Å². The number of aromatic nitrogens is 3. The van der Waals surface area contributed by atoms with Gasteiger partial charge in [0.2, 0.25) is 0 Å². The summed E-state index contributed by atoms with van der Waals surface area (Å²) < 4.78 is 1.96. The zero-order valence-corrected chi connectivity index (χ0v) is 14.6. The standard InChI is InChI=1S/C19H22N4S/c1-3-16(12-22(9-1)11-14-5-6-14)19-20-18-8-7-15(13-23(18)21-19)17-4-2-10-24-17/h2,4,7-8,10,13-14,16H,1,3,5-6,9,11-12H2. The molecule has 0 amide bonds. The lowest BCUT2D eigenvalue weighted by atomic mass is 9.97. The Morgan fingerprint density at radius 3 is 2.96 bits per heavy atom. The number of hydrogen-bond acceptors (Lipinski definition) is 4. The van der Waals surface area contributed by atoms with E-state index in [9.17, 15) is 0 Å². The molecule has 0 radical (unpaired) electrons. The van der Waals surface area contributed by atoms with E-state index in [-0.39, 0.29) is 0 Å². The molecule has 5 rings (SSSR count). The molecule has 5 heteroatoms. The second kappa shape index (κ2) is 5.97. The van der Waals surface area contributed by atoms with E-state index >= 15 is 0 Å². The fourth-order valence-electron chi connectivity index (χ4n) is 3.76. The Hall–Kier alpha value is -1.72. The summed E-state index contributed by atoms with van der Waals surface area (Å²) in [6.07, 6.45) is 7.46. The van der Waals surface area contributed by atoms with Crippen molar-refractivity contribution < 1.29 is 0 Å². The molecule has 24 heavy (non-hydrogen) atoms. The van der Waals surface area contributed by atoms with Crippen LogP contribution in [0.1, 0.15) is 37.4 Å². The Labute approximate surface area is 146 Å². The zero-order valence-electron chi connectivity index (χ0n) is 13.8. The molecule has 0 aromatic carbocycles. The van der Waals surface area contributed by atoms with E-state index < -0.39 is 0 Å². The van der Waals surface area contributed by atoms with Crippen LogP contribution in [-0.4, -0.2) is 39.1 Å². The number of thiophene rings is 1. The molecule has 1 aliphatic carbocycles. The molecule has 124 valence electrons. The molecule has 1 aliphatic heterocycles. The zero-order chi connectivity index (χ0) is 15.9. The monoisotopic (exact) mass is 338 g/mol. The third kappa shape index (κ3) is 2.87. The van der Waals surface area contributed by atoms with Crippen molar-refractivity contribution in [2.75, 3.05) is 19.6 Å². The minimum Gasteiger partial charge on any atom is -0.302 e. The van der Waals surface area contributed by atoms with Gasteiger partial charge in [0.05, 0.1) is 0 Å². The lowest BCUT2D eigenvalue weighted by Crippen LogP contribution is -2.36. The van der Waals surface area contributed by atoms with Crippen molar-refractivity contribution in [3.63, 3.8) is 0 Å². The quantitative estimate of drug-likeness (QED) is 0.720. The number of piperidine rings is 1. The average molecular weight is 338 g/mol. The topological polar surface area (TPSA) is 33.4 Å². The molecule has 0 N–H and O–H groups in total. The summed E-state index contributed by atoms with van der Waals surface area (Å²) in [7, 11) is 0. The lowest BCUT2D eigenvalue weighted by molar-refractivity contribution is 0.197. The number of pyridine rings is 1. The van der Waals surface area contributed by atoms with Crippen molar-refractivity contribution in [1.29, 1.82) is 0 Å². The van der Waals surface area contributed by atoms with Gasteiger partial charge in [0.25, 0.3) is 0 Å².